The van der Waals surface area contributed by atoms with Crippen molar-refractivity contribution in [2.75, 3.05) is 0 Å². The zero-order chi connectivity index (χ0) is 20.3. The molecule has 3 aromatic heterocycles. The summed E-state index contributed by atoms with van der Waals surface area (Å²) in [6, 6.07) is 2.61. The zero-order valence-electron chi connectivity index (χ0n) is 17.0. The number of aromatic nitrogens is 5. The van der Waals surface area contributed by atoms with E-state index in [-0.39, 0.29) is 11.9 Å². The van der Waals surface area contributed by atoms with Crippen molar-refractivity contribution in [3.05, 3.63) is 60.1 Å². The molecule has 1 N–H and O–H groups in total. The van der Waals surface area contributed by atoms with Crippen LogP contribution in [0.2, 0.25) is 0 Å². The molecule has 1 saturated carbocycles. The molecule has 1 fully saturated rings. The van der Waals surface area contributed by atoms with Crippen molar-refractivity contribution < 1.29 is 4.79 Å². The summed E-state index contributed by atoms with van der Waals surface area (Å²) in [5.41, 5.74) is 4.92. The molecule has 154 valence electrons. The second-order valence-electron chi connectivity index (χ2n) is 8.32. The van der Waals surface area contributed by atoms with Crippen molar-refractivity contribution in [3.63, 3.8) is 0 Å². The molecule has 30 heavy (non-hydrogen) atoms. The number of hydrogen-bond donors (Lipinski definition) is 1. The maximum Gasteiger partial charge on any atom is 0.253 e. The average molecular weight is 403 g/mol. The van der Waals surface area contributed by atoms with Crippen molar-refractivity contribution in [1.29, 1.82) is 0 Å². The quantitative estimate of drug-likeness (QED) is 0.722. The van der Waals surface area contributed by atoms with Crippen LogP contribution in [-0.4, -0.2) is 36.7 Å². The van der Waals surface area contributed by atoms with E-state index in [0.717, 1.165) is 49.8 Å². The topological polar surface area (TPSA) is 85.6 Å². The molecular weight excluding hydrogens is 376 g/mol. The molecule has 7 heteroatoms. The number of rotatable bonds is 4. The Labute approximate surface area is 176 Å². The number of carbonyl (C=O) groups excluding carboxylic acids is 1. The van der Waals surface area contributed by atoms with Gasteiger partial charge in [-0.1, -0.05) is 0 Å². The van der Waals surface area contributed by atoms with Crippen LogP contribution in [0.3, 0.4) is 0 Å². The van der Waals surface area contributed by atoms with Crippen molar-refractivity contribution in [3.8, 4) is 11.3 Å². The lowest BCUT2D eigenvalue weighted by Gasteiger charge is -2.29. The van der Waals surface area contributed by atoms with Crippen LogP contribution < -0.4 is 5.32 Å². The van der Waals surface area contributed by atoms with Gasteiger partial charge in [0.15, 0.2) is 0 Å². The van der Waals surface area contributed by atoms with Gasteiger partial charge in [0.25, 0.3) is 5.91 Å². The smallest absolute Gasteiger partial charge is 0.253 e. The third-order valence-corrected chi connectivity index (χ3v) is 6.30. The Balaban J connectivity index is 1.17. The summed E-state index contributed by atoms with van der Waals surface area (Å²) >= 11 is 0. The first-order valence-electron chi connectivity index (χ1n) is 10.9. The van der Waals surface area contributed by atoms with Crippen LogP contribution in [-0.2, 0) is 12.8 Å². The number of pyridine rings is 1. The molecule has 0 saturated heterocycles. The second kappa shape index (κ2) is 8.34. The first-order chi connectivity index (χ1) is 14.8. The fraction of sp³-hybridized carbons (Fsp3) is 0.435. The normalized spacial score (nSPS) is 21.1. The SMILES string of the molecule is O=C(NC1CCC(n2cc(-c3cnccn3)cn2)CC1)c1cnc2c(c1)CCCC2. The molecule has 0 aliphatic heterocycles. The molecule has 1 amide bonds. The van der Waals surface area contributed by atoms with Crippen LogP contribution in [0, 0.1) is 0 Å². The lowest BCUT2D eigenvalue weighted by molar-refractivity contribution is 0.0921. The predicted molar refractivity (Wildman–Crippen MR) is 113 cm³/mol. The van der Waals surface area contributed by atoms with Crippen LogP contribution in [0.25, 0.3) is 11.3 Å². The second-order valence-corrected chi connectivity index (χ2v) is 8.32. The summed E-state index contributed by atoms with van der Waals surface area (Å²) in [6.45, 7) is 0. The summed E-state index contributed by atoms with van der Waals surface area (Å²) in [6.07, 6.45) is 19.1. The number of carbonyl (C=O) groups is 1. The van der Waals surface area contributed by atoms with Gasteiger partial charge in [-0.3, -0.25) is 24.4 Å². The van der Waals surface area contributed by atoms with Crippen LogP contribution in [0.1, 0.15) is 66.2 Å². The van der Waals surface area contributed by atoms with Crippen molar-refractivity contribution >= 4 is 5.91 Å². The van der Waals surface area contributed by atoms with Crippen molar-refractivity contribution in [2.45, 2.75) is 63.5 Å². The van der Waals surface area contributed by atoms with Crippen LogP contribution in [0.5, 0.6) is 0 Å². The van der Waals surface area contributed by atoms with Gasteiger partial charge in [0.05, 0.1) is 29.7 Å². The number of nitrogens with zero attached hydrogens (tertiary/aromatic N) is 5. The fourth-order valence-corrected chi connectivity index (χ4v) is 4.58. The summed E-state index contributed by atoms with van der Waals surface area (Å²) in [5, 5.41) is 7.76. The molecule has 2 aliphatic rings. The highest BCUT2D eigenvalue weighted by atomic mass is 16.1. The minimum atomic E-state index is 0.00310. The first kappa shape index (κ1) is 18.9. The first-order valence-corrected chi connectivity index (χ1v) is 10.9. The molecule has 0 spiro atoms. The number of nitrogens with one attached hydrogen (secondary N) is 1. The highest BCUT2D eigenvalue weighted by Gasteiger charge is 2.25. The van der Waals surface area contributed by atoms with Crippen LogP contribution in [0.15, 0.2) is 43.2 Å². The van der Waals surface area contributed by atoms with Crippen LogP contribution >= 0.6 is 0 Å². The highest BCUT2D eigenvalue weighted by Crippen LogP contribution is 2.29. The lowest BCUT2D eigenvalue weighted by Crippen LogP contribution is -2.38. The number of amides is 1. The lowest BCUT2D eigenvalue weighted by atomic mass is 9.91. The Morgan fingerprint density at radius 2 is 1.87 bits per heavy atom. The molecule has 0 aromatic carbocycles. The van der Waals surface area contributed by atoms with Crippen molar-refractivity contribution in [1.82, 2.24) is 30.0 Å². The Kier molecular flexibility index (Phi) is 5.26. The van der Waals surface area contributed by atoms with Gasteiger partial charge in [0.2, 0.25) is 0 Å². The van der Waals surface area contributed by atoms with E-state index < -0.39 is 0 Å². The number of hydrogen-bond acceptors (Lipinski definition) is 5. The Bertz CT molecular complexity index is 1020. The summed E-state index contributed by atoms with van der Waals surface area (Å²) in [4.78, 5) is 25.7. The molecule has 0 radical (unpaired) electrons. The Hall–Kier alpha value is -3.09. The molecule has 0 unspecified atom stereocenters. The van der Waals surface area contributed by atoms with E-state index in [9.17, 15) is 4.79 Å². The summed E-state index contributed by atoms with van der Waals surface area (Å²) in [5.74, 6) is 0.00310. The van der Waals surface area contributed by atoms with E-state index in [1.807, 2.05) is 23.1 Å². The molecule has 2 aliphatic carbocycles. The van der Waals surface area contributed by atoms with Gasteiger partial charge >= 0.3 is 0 Å². The number of aryl methyl sites for hydroxylation is 2. The fourth-order valence-electron chi connectivity index (χ4n) is 4.58. The van der Waals surface area contributed by atoms with Gasteiger partial charge in [0, 0.05) is 42.1 Å². The molecule has 3 heterocycles. The largest absolute Gasteiger partial charge is 0.349 e. The monoisotopic (exact) mass is 402 g/mol. The Morgan fingerprint density at radius 3 is 2.70 bits per heavy atom. The summed E-state index contributed by atoms with van der Waals surface area (Å²) < 4.78 is 2.04. The Morgan fingerprint density at radius 1 is 1.00 bits per heavy atom. The maximum absolute atomic E-state index is 12.7. The van der Waals surface area contributed by atoms with E-state index in [1.165, 1.54) is 24.1 Å². The van der Waals surface area contributed by atoms with E-state index in [1.54, 1.807) is 24.8 Å². The van der Waals surface area contributed by atoms with Gasteiger partial charge in [-0.05, 0) is 63.0 Å². The van der Waals surface area contributed by atoms with E-state index in [4.69, 9.17) is 0 Å². The maximum atomic E-state index is 12.7. The van der Waals surface area contributed by atoms with Gasteiger partial charge < -0.3 is 5.32 Å². The van der Waals surface area contributed by atoms with Gasteiger partial charge in [-0.15, -0.1) is 0 Å². The third kappa shape index (κ3) is 3.97. The zero-order valence-corrected chi connectivity index (χ0v) is 17.0. The van der Waals surface area contributed by atoms with Crippen molar-refractivity contribution in [2.24, 2.45) is 0 Å². The average Bonchev–Trinajstić information content (AvgIpc) is 3.30. The van der Waals surface area contributed by atoms with Gasteiger partial charge in [0.1, 0.15) is 0 Å². The minimum Gasteiger partial charge on any atom is -0.349 e. The van der Waals surface area contributed by atoms with Gasteiger partial charge in [-0.25, -0.2) is 0 Å². The van der Waals surface area contributed by atoms with E-state index >= 15 is 0 Å². The molecule has 5 rings (SSSR count). The molecule has 0 bridgehead atoms. The predicted octanol–water partition coefficient (Wildman–Crippen LogP) is 3.53. The molecule has 7 nitrogen and oxygen atoms in total. The molecule has 3 aromatic rings. The highest BCUT2D eigenvalue weighted by molar-refractivity contribution is 5.94. The van der Waals surface area contributed by atoms with E-state index in [2.05, 4.69) is 25.4 Å². The summed E-state index contributed by atoms with van der Waals surface area (Å²) in [7, 11) is 0. The number of fused-ring (bicyclic) bond motifs is 1. The minimum absolute atomic E-state index is 0.00310. The molecular formula is C23H26N6O. The van der Waals surface area contributed by atoms with E-state index in [0.29, 0.717) is 11.6 Å². The standard InChI is InChI=1S/C23H26N6O/c30-23(17-11-16-3-1-2-4-21(16)26-12-17)28-19-5-7-20(8-6-19)29-15-18(13-27-29)22-14-24-9-10-25-22/h9-15,19-20H,1-8H2,(H,28,30). The third-order valence-electron chi connectivity index (χ3n) is 6.30. The molecule has 0 atom stereocenters. The van der Waals surface area contributed by atoms with Crippen LogP contribution in [0.4, 0.5) is 0 Å². The van der Waals surface area contributed by atoms with Gasteiger partial charge in [-0.2, -0.15) is 5.10 Å².